The lowest BCUT2D eigenvalue weighted by Crippen LogP contribution is -2.29. The fourth-order valence-corrected chi connectivity index (χ4v) is 6.04. The average Bonchev–Trinajstić information content (AvgIpc) is 3.47. The number of aliphatic hydroxyl groups is 1. The lowest BCUT2D eigenvalue weighted by Gasteiger charge is -2.22. The zero-order valence-corrected chi connectivity index (χ0v) is 22.1. The van der Waals surface area contributed by atoms with Gasteiger partial charge in [0.2, 0.25) is 5.13 Å². The van der Waals surface area contributed by atoms with Crippen molar-refractivity contribution in [3.63, 3.8) is 0 Å². The second-order valence-electron chi connectivity index (χ2n) is 8.89. The number of hydrogen-bond acceptors (Lipinski definition) is 8. The highest BCUT2D eigenvalue weighted by Gasteiger charge is 2.48. The Hall–Kier alpha value is -3.82. The Morgan fingerprint density at radius 2 is 1.68 bits per heavy atom. The van der Waals surface area contributed by atoms with Crippen LogP contribution in [0.5, 0.6) is 0 Å². The number of aromatic nitrogens is 3. The number of aliphatic hydroxyl groups excluding tert-OH is 1. The van der Waals surface area contributed by atoms with Gasteiger partial charge < -0.3 is 5.11 Å². The van der Waals surface area contributed by atoms with Gasteiger partial charge in [-0.2, -0.15) is 0 Å². The Bertz CT molecular complexity index is 1510. The minimum Gasteiger partial charge on any atom is -0.507 e. The monoisotopic (exact) mass is 528 g/mol. The number of Topliss-reactive ketones (excluding diaryl/α,β-unsaturated/α-hetero) is 1. The smallest absolute Gasteiger partial charge is 0.301 e. The van der Waals surface area contributed by atoms with Crippen LogP contribution in [-0.4, -0.2) is 32.0 Å². The number of aryl methyl sites for hydroxylation is 3. The summed E-state index contributed by atoms with van der Waals surface area (Å²) in [4.78, 5) is 32.1. The van der Waals surface area contributed by atoms with Gasteiger partial charge in [0, 0.05) is 23.7 Å². The lowest BCUT2D eigenvalue weighted by atomic mass is 9.94. The molecule has 1 unspecified atom stereocenters. The van der Waals surface area contributed by atoms with Crippen molar-refractivity contribution in [2.24, 2.45) is 0 Å². The highest BCUT2D eigenvalue weighted by atomic mass is 32.2. The number of rotatable bonds is 6. The molecule has 2 aromatic carbocycles. The third-order valence-electron chi connectivity index (χ3n) is 6.20. The summed E-state index contributed by atoms with van der Waals surface area (Å²) in [6.07, 6.45) is 3.19. The van der Waals surface area contributed by atoms with E-state index in [0.717, 1.165) is 16.7 Å². The van der Waals surface area contributed by atoms with Crippen LogP contribution >= 0.6 is 23.1 Å². The predicted molar refractivity (Wildman–Crippen MR) is 146 cm³/mol. The van der Waals surface area contributed by atoms with Crippen LogP contribution in [0.15, 0.2) is 76.9 Å². The van der Waals surface area contributed by atoms with E-state index in [4.69, 9.17) is 0 Å². The topological polar surface area (TPSA) is 96.3 Å². The molecule has 1 N–H and O–H groups in total. The van der Waals surface area contributed by atoms with Crippen LogP contribution in [0.25, 0.3) is 5.76 Å². The molecule has 1 saturated heterocycles. The van der Waals surface area contributed by atoms with Crippen LogP contribution in [0.1, 0.15) is 39.4 Å². The summed E-state index contributed by atoms with van der Waals surface area (Å²) < 4.78 is 0.681. The molecule has 186 valence electrons. The van der Waals surface area contributed by atoms with Crippen molar-refractivity contribution in [1.82, 2.24) is 15.2 Å². The number of carbonyl (C=O) groups is 2. The SMILES string of the molecule is Cc1ccc(CSc2nnc(N3C(=O)C(=O)/C(=C(/O)c4cc(C)ccc4C)C3c3ccncc3)s2)cc1. The van der Waals surface area contributed by atoms with E-state index in [2.05, 4.69) is 39.4 Å². The van der Waals surface area contributed by atoms with Crippen molar-refractivity contribution in [2.45, 2.75) is 36.9 Å². The maximum absolute atomic E-state index is 13.4. The summed E-state index contributed by atoms with van der Waals surface area (Å²) in [5, 5.41) is 20.2. The van der Waals surface area contributed by atoms with E-state index in [-0.39, 0.29) is 11.3 Å². The third kappa shape index (κ3) is 4.92. The molecule has 1 aliphatic rings. The largest absolute Gasteiger partial charge is 0.507 e. The van der Waals surface area contributed by atoms with E-state index in [9.17, 15) is 14.7 Å². The molecule has 0 saturated carbocycles. The van der Waals surface area contributed by atoms with Crippen molar-refractivity contribution in [2.75, 3.05) is 4.90 Å². The Kier molecular flexibility index (Phi) is 6.90. The summed E-state index contributed by atoms with van der Waals surface area (Å²) in [7, 11) is 0. The fourth-order valence-electron chi connectivity index (χ4n) is 4.21. The van der Waals surface area contributed by atoms with Gasteiger partial charge in [0.1, 0.15) is 5.76 Å². The second-order valence-corrected chi connectivity index (χ2v) is 11.1. The molecule has 0 spiro atoms. The van der Waals surface area contributed by atoms with Gasteiger partial charge in [0.15, 0.2) is 4.34 Å². The maximum atomic E-state index is 13.4. The van der Waals surface area contributed by atoms with Crippen LogP contribution in [0.2, 0.25) is 0 Å². The van der Waals surface area contributed by atoms with Crippen LogP contribution in [0.3, 0.4) is 0 Å². The molecular formula is C28H24N4O3S2. The first-order valence-electron chi connectivity index (χ1n) is 11.6. The van der Waals surface area contributed by atoms with Crippen molar-refractivity contribution < 1.29 is 14.7 Å². The molecular weight excluding hydrogens is 504 g/mol. The Morgan fingerprint density at radius 1 is 0.973 bits per heavy atom. The first-order chi connectivity index (χ1) is 17.8. The molecule has 2 aromatic heterocycles. The van der Waals surface area contributed by atoms with Gasteiger partial charge in [-0.15, -0.1) is 10.2 Å². The number of thioether (sulfide) groups is 1. The van der Waals surface area contributed by atoms with Crippen molar-refractivity contribution >= 4 is 45.7 Å². The quantitative estimate of drug-likeness (QED) is 0.111. The molecule has 37 heavy (non-hydrogen) atoms. The van der Waals surface area contributed by atoms with E-state index in [0.29, 0.717) is 26.4 Å². The van der Waals surface area contributed by atoms with Crippen LogP contribution in [0, 0.1) is 20.8 Å². The number of nitrogens with zero attached hydrogens (tertiary/aromatic N) is 4. The Morgan fingerprint density at radius 3 is 2.41 bits per heavy atom. The molecule has 1 atom stereocenters. The first kappa shape index (κ1) is 24.9. The molecule has 1 aliphatic heterocycles. The summed E-state index contributed by atoms with van der Waals surface area (Å²) >= 11 is 2.76. The number of hydrogen-bond donors (Lipinski definition) is 1. The number of pyridine rings is 1. The highest BCUT2D eigenvalue weighted by Crippen LogP contribution is 2.44. The minimum atomic E-state index is -0.856. The third-order valence-corrected chi connectivity index (χ3v) is 8.33. The van der Waals surface area contributed by atoms with Crippen LogP contribution in [-0.2, 0) is 15.3 Å². The average molecular weight is 529 g/mol. The van der Waals surface area contributed by atoms with Gasteiger partial charge >= 0.3 is 5.91 Å². The van der Waals surface area contributed by atoms with Gasteiger partial charge in [0.25, 0.3) is 5.78 Å². The van der Waals surface area contributed by atoms with Gasteiger partial charge in [-0.3, -0.25) is 19.5 Å². The number of anilines is 1. The summed E-state index contributed by atoms with van der Waals surface area (Å²) in [5.41, 5.74) is 5.26. The molecule has 0 radical (unpaired) electrons. The van der Waals surface area contributed by atoms with Crippen LogP contribution in [0.4, 0.5) is 5.13 Å². The van der Waals surface area contributed by atoms with E-state index >= 15 is 0 Å². The number of amides is 1. The molecule has 4 aromatic rings. The van der Waals surface area contributed by atoms with Crippen LogP contribution < -0.4 is 4.90 Å². The van der Waals surface area contributed by atoms with E-state index < -0.39 is 17.7 Å². The lowest BCUT2D eigenvalue weighted by molar-refractivity contribution is -0.132. The van der Waals surface area contributed by atoms with E-state index in [1.807, 2.05) is 39.0 Å². The predicted octanol–water partition coefficient (Wildman–Crippen LogP) is 5.78. The number of ketones is 1. The van der Waals surface area contributed by atoms with Gasteiger partial charge in [-0.05, 0) is 55.7 Å². The fraction of sp³-hybridized carbons (Fsp3) is 0.179. The standard InChI is InChI=1S/C28H24N4O3S2/c1-16-5-8-19(9-6-16)15-36-28-31-30-27(37-28)32-23(20-10-12-29-13-11-20)22(25(34)26(32)35)24(33)21-14-17(2)4-7-18(21)3/h4-14,23,33H,15H2,1-3H3/b24-22+. The first-order valence-corrected chi connectivity index (χ1v) is 13.4. The molecule has 9 heteroatoms. The zero-order chi connectivity index (χ0) is 26.1. The van der Waals surface area contributed by atoms with Crippen molar-refractivity contribution in [1.29, 1.82) is 0 Å². The zero-order valence-electron chi connectivity index (χ0n) is 20.5. The van der Waals surface area contributed by atoms with Gasteiger partial charge in [-0.1, -0.05) is 70.6 Å². The molecule has 0 bridgehead atoms. The van der Waals surface area contributed by atoms with E-state index in [1.54, 1.807) is 24.5 Å². The second kappa shape index (κ2) is 10.3. The molecule has 1 amide bonds. The Labute approximate surface area is 222 Å². The normalized spacial score (nSPS) is 16.9. The molecule has 0 aliphatic carbocycles. The molecule has 7 nitrogen and oxygen atoms in total. The van der Waals surface area contributed by atoms with Gasteiger partial charge in [0.05, 0.1) is 11.6 Å². The highest BCUT2D eigenvalue weighted by molar-refractivity contribution is 8.00. The Balaban J connectivity index is 1.54. The molecule has 3 heterocycles. The summed E-state index contributed by atoms with van der Waals surface area (Å²) in [6.45, 7) is 5.81. The van der Waals surface area contributed by atoms with Gasteiger partial charge in [-0.25, -0.2) is 0 Å². The molecule has 1 fully saturated rings. The minimum absolute atomic E-state index is 0.0222. The van der Waals surface area contributed by atoms with Crippen molar-refractivity contribution in [3.05, 3.63) is 106 Å². The number of carbonyl (C=O) groups excluding carboxylic acids is 2. The van der Waals surface area contributed by atoms with E-state index in [1.165, 1.54) is 33.6 Å². The summed E-state index contributed by atoms with van der Waals surface area (Å²) in [5.74, 6) is -1.01. The molecule has 5 rings (SSSR count). The number of benzene rings is 2. The summed E-state index contributed by atoms with van der Waals surface area (Å²) in [6, 6.07) is 16.5. The van der Waals surface area contributed by atoms with Crippen molar-refractivity contribution in [3.8, 4) is 0 Å². The maximum Gasteiger partial charge on any atom is 0.301 e.